The van der Waals surface area contributed by atoms with Gasteiger partial charge in [0.2, 0.25) is 11.4 Å². The van der Waals surface area contributed by atoms with Gasteiger partial charge in [-0.3, -0.25) is 8.74 Å². The third kappa shape index (κ3) is 7.08. The van der Waals surface area contributed by atoms with E-state index in [0.717, 1.165) is 39.1 Å². The van der Waals surface area contributed by atoms with Gasteiger partial charge in [-0.1, -0.05) is 59.3 Å². The number of aryl methyl sites for hydroxylation is 1. The molecule has 0 saturated heterocycles. The topological polar surface area (TPSA) is 114 Å². The molecule has 1 aromatic heterocycles. The Morgan fingerprint density at radius 3 is 2.51 bits per heavy atom. The minimum atomic E-state index is -4.11. The number of benzene rings is 3. The number of hydrogen-bond donors (Lipinski definition) is 1. The van der Waals surface area contributed by atoms with E-state index >= 15 is 0 Å². The van der Waals surface area contributed by atoms with E-state index in [1.807, 2.05) is 76.2 Å². The van der Waals surface area contributed by atoms with Crippen LogP contribution in [0.3, 0.4) is 0 Å². The lowest BCUT2D eigenvalue weighted by molar-refractivity contribution is -0.668. The van der Waals surface area contributed by atoms with E-state index in [9.17, 15) is 21.4 Å². The fraction of sp³-hybridized carbons (Fsp3) is 0.250. The number of hydrogen-bond acceptors (Lipinski definition) is 8. The van der Waals surface area contributed by atoms with Crippen LogP contribution in [0.4, 0.5) is 5.69 Å². The number of ether oxygens (including phenoxy) is 1. The van der Waals surface area contributed by atoms with E-state index in [1.54, 1.807) is 6.07 Å². The number of anilines is 1. The fourth-order valence-corrected chi connectivity index (χ4v) is 7.06. The zero-order chi connectivity index (χ0) is 29.2. The smallest absolute Gasteiger partial charge is 0.268 e. The van der Waals surface area contributed by atoms with Crippen molar-refractivity contribution in [3.63, 3.8) is 0 Å². The zero-order valence-corrected chi connectivity index (χ0v) is 25.3. The minimum absolute atomic E-state index is 0.155. The average molecular weight is 636 g/mol. The molecule has 0 bridgehead atoms. The van der Waals surface area contributed by atoms with E-state index < -0.39 is 20.2 Å². The molecule has 1 N–H and O–H groups in total. The highest BCUT2D eigenvalue weighted by atomic mass is 35.5. The normalized spacial score (nSPS) is 14.5. The van der Waals surface area contributed by atoms with Crippen molar-refractivity contribution in [3.05, 3.63) is 82.6 Å². The summed E-state index contributed by atoms with van der Waals surface area (Å²) in [6, 6.07) is 21.3. The average Bonchev–Trinajstić information content (AvgIpc) is 3.45. The van der Waals surface area contributed by atoms with Crippen molar-refractivity contribution in [3.8, 4) is 16.9 Å². The van der Waals surface area contributed by atoms with Crippen molar-refractivity contribution in [2.24, 2.45) is 0 Å². The van der Waals surface area contributed by atoms with Gasteiger partial charge < -0.3 is 9.64 Å². The highest BCUT2D eigenvalue weighted by Gasteiger charge is 2.30. The molecule has 41 heavy (non-hydrogen) atoms. The quantitative estimate of drug-likeness (QED) is 0.133. The van der Waals surface area contributed by atoms with Gasteiger partial charge in [0.25, 0.3) is 25.2 Å². The number of fused-ring (bicyclic) bond motifs is 2. The molecule has 9 nitrogen and oxygen atoms in total. The fourth-order valence-electron chi connectivity index (χ4n) is 4.66. The molecule has 0 amide bonds. The molecule has 2 heterocycles. The molecular weight excluding hydrogens is 608 g/mol. The maximum Gasteiger partial charge on any atom is 0.268 e. The predicted octanol–water partition coefficient (Wildman–Crippen LogP) is 5.35. The number of rotatable bonds is 11. The summed E-state index contributed by atoms with van der Waals surface area (Å²) in [6.07, 6.45) is 2.35. The van der Waals surface area contributed by atoms with E-state index in [1.165, 1.54) is 11.3 Å². The summed E-state index contributed by atoms with van der Waals surface area (Å²) in [5.41, 5.74) is 3.65. The maximum absolute atomic E-state index is 12.0. The third-order valence-corrected chi connectivity index (χ3v) is 10.0. The summed E-state index contributed by atoms with van der Waals surface area (Å²) < 4.78 is 69.8. The first-order valence-corrected chi connectivity index (χ1v) is 17.1. The van der Waals surface area contributed by atoms with Gasteiger partial charge in [0.05, 0.1) is 30.4 Å². The van der Waals surface area contributed by atoms with Crippen LogP contribution in [0.15, 0.2) is 72.6 Å². The van der Waals surface area contributed by atoms with Crippen LogP contribution < -0.4 is 14.2 Å². The van der Waals surface area contributed by atoms with Gasteiger partial charge in [-0.2, -0.15) is 21.4 Å². The van der Waals surface area contributed by atoms with Crippen LogP contribution in [0, 0.1) is 0 Å². The standard InChI is InChI=1S/C28H27ClN2O7S3/c1-37-41(35,36)16-6-13-30-23-17-21(20-7-3-2-4-8-20)9-11-25(23)38-27(30)19-28-31(14-5-15-40(32,33)34)24-18-22(29)10-12-26(24)39-28/h2-4,7-12,17-19H,5-6,13-16H2,1H3/p+1. The molecule has 13 heteroatoms. The van der Waals surface area contributed by atoms with Crippen LogP contribution in [-0.4, -0.2) is 46.5 Å². The molecule has 0 atom stereocenters. The van der Waals surface area contributed by atoms with Crippen LogP contribution in [0.2, 0.25) is 5.02 Å². The lowest BCUT2D eigenvalue weighted by Gasteiger charge is -2.18. The van der Waals surface area contributed by atoms with Crippen LogP contribution in [-0.2, 0) is 31.0 Å². The molecule has 216 valence electrons. The van der Waals surface area contributed by atoms with Crippen molar-refractivity contribution in [1.82, 2.24) is 0 Å². The Kier molecular flexibility index (Phi) is 8.69. The molecule has 0 spiro atoms. The van der Waals surface area contributed by atoms with Crippen molar-refractivity contribution in [2.75, 3.05) is 30.1 Å². The van der Waals surface area contributed by atoms with Crippen molar-refractivity contribution < 1.29 is 34.9 Å². The SMILES string of the molecule is COS(=O)(=O)CCCN1/C(=C/c2sc3ccc(Cl)cc3[n+]2CCCS(=O)(=O)O)Oc2ccc(-c3ccccc3)cc21. The monoisotopic (exact) mass is 635 g/mol. The summed E-state index contributed by atoms with van der Waals surface area (Å²) in [6.45, 7) is 0.662. The number of nitrogens with zero attached hydrogens (tertiary/aromatic N) is 2. The van der Waals surface area contributed by atoms with E-state index in [-0.39, 0.29) is 17.9 Å². The lowest BCUT2D eigenvalue weighted by Crippen LogP contribution is -2.36. The van der Waals surface area contributed by atoms with Crippen molar-refractivity contribution in [1.29, 1.82) is 0 Å². The molecule has 5 rings (SSSR count). The van der Waals surface area contributed by atoms with Crippen molar-refractivity contribution >= 4 is 65.2 Å². The highest BCUT2D eigenvalue weighted by molar-refractivity contribution is 7.86. The summed E-state index contributed by atoms with van der Waals surface area (Å²) in [5, 5.41) is 1.31. The van der Waals surface area contributed by atoms with Crippen LogP contribution in [0.5, 0.6) is 5.75 Å². The highest BCUT2D eigenvalue weighted by Crippen LogP contribution is 2.42. The molecule has 3 aromatic carbocycles. The van der Waals surface area contributed by atoms with Gasteiger partial charge in [0.1, 0.15) is 4.70 Å². The van der Waals surface area contributed by atoms with E-state index in [4.69, 9.17) is 16.3 Å². The Morgan fingerprint density at radius 2 is 1.78 bits per heavy atom. The maximum atomic E-state index is 12.0. The van der Waals surface area contributed by atoms with Gasteiger partial charge in [-0.25, -0.2) is 0 Å². The molecule has 1 aliphatic rings. The molecule has 4 aromatic rings. The molecule has 0 aliphatic carbocycles. The molecule has 1 aliphatic heterocycles. The number of halogens is 1. The van der Waals surface area contributed by atoms with E-state index in [0.29, 0.717) is 36.2 Å². The zero-order valence-electron chi connectivity index (χ0n) is 22.1. The summed E-state index contributed by atoms with van der Waals surface area (Å²) >= 11 is 7.76. The van der Waals surface area contributed by atoms with Crippen LogP contribution >= 0.6 is 22.9 Å². The summed E-state index contributed by atoms with van der Waals surface area (Å²) in [5.74, 6) is 0.602. The molecule has 0 saturated carbocycles. The first kappa shape index (κ1) is 29.5. The van der Waals surface area contributed by atoms with Crippen molar-refractivity contribution in [2.45, 2.75) is 19.4 Å². The first-order chi connectivity index (χ1) is 19.5. The Labute approximate surface area is 248 Å². The molecular formula is C28H28ClN2O7S3+. The van der Waals surface area contributed by atoms with Gasteiger partial charge in [0, 0.05) is 24.1 Å². The largest absolute Gasteiger partial charge is 0.438 e. The first-order valence-electron chi connectivity index (χ1n) is 12.7. The van der Waals surface area contributed by atoms with Crippen LogP contribution in [0.25, 0.3) is 27.4 Å². The summed E-state index contributed by atoms with van der Waals surface area (Å²) in [4.78, 5) is 1.94. The lowest BCUT2D eigenvalue weighted by atomic mass is 10.0. The second kappa shape index (κ2) is 12.1. The van der Waals surface area contributed by atoms with Gasteiger partial charge in [-0.15, -0.1) is 0 Å². The van der Waals surface area contributed by atoms with E-state index in [2.05, 4.69) is 4.18 Å². The minimum Gasteiger partial charge on any atom is -0.438 e. The molecule has 0 radical (unpaired) electrons. The Balaban J connectivity index is 1.55. The van der Waals surface area contributed by atoms with Crippen LogP contribution in [0.1, 0.15) is 17.8 Å². The Hall–Kier alpha value is -3.00. The van der Waals surface area contributed by atoms with Gasteiger partial charge in [0.15, 0.2) is 12.3 Å². The molecule has 0 fully saturated rings. The Bertz CT molecular complexity index is 1820. The summed E-state index contributed by atoms with van der Waals surface area (Å²) in [7, 11) is -6.60. The van der Waals surface area contributed by atoms with Gasteiger partial charge >= 0.3 is 0 Å². The Morgan fingerprint density at radius 1 is 1.00 bits per heavy atom. The molecule has 0 unspecified atom stereocenters. The third-order valence-electron chi connectivity index (χ3n) is 6.59. The number of thiazole rings is 1. The number of aromatic nitrogens is 1. The second-order valence-electron chi connectivity index (χ2n) is 9.41. The second-order valence-corrected chi connectivity index (χ2v) is 14.3. The van der Waals surface area contributed by atoms with Gasteiger partial charge in [-0.05, 0) is 41.8 Å². The predicted molar refractivity (Wildman–Crippen MR) is 161 cm³/mol.